The summed E-state index contributed by atoms with van der Waals surface area (Å²) in [4.78, 5) is 0. The topological polar surface area (TPSA) is 13.1 Å². The maximum Gasteiger partial charge on any atom is 0.143 e. The summed E-state index contributed by atoms with van der Waals surface area (Å²) in [6, 6.07) is 66.3. The highest BCUT2D eigenvalue weighted by atomic mass is 16.3. The largest absolute Gasteiger partial charge is 0.455 e. The van der Waals surface area contributed by atoms with Gasteiger partial charge in [0.15, 0.2) is 0 Å². The van der Waals surface area contributed by atoms with Crippen LogP contribution in [0, 0.1) is 0 Å². The van der Waals surface area contributed by atoms with Gasteiger partial charge in [0.2, 0.25) is 0 Å². The molecule has 0 saturated carbocycles. The zero-order valence-corrected chi connectivity index (χ0v) is 27.7. The highest BCUT2D eigenvalue weighted by Gasteiger charge is 2.23. The van der Waals surface area contributed by atoms with Crippen LogP contribution in [0.1, 0.15) is 0 Å². The van der Waals surface area contributed by atoms with Gasteiger partial charge in [0, 0.05) is 21.9 Å². The smallest absolute Gasteiger partial charge is 0.143 e. The third kappa shape index (κ3) is 4.28. The molecule has 1 aromatic heterocycles. The minimum Gasteiger partial charge on any atom is -0.455 e. The van der Waals surface area contributed by atoms with Crippen LogP contribution < -0.4 is 0 Å². The van der Waals surface area contributed by atoms with Gasteiger partial charge in [0.05, 0.1) is 0 Å². The predicted octanol–water partition coefficient (Wildman–Crippen LogP) is 14.4. The fraction of sp³-hybridized carbons (Fsp3) is 0. The first-order valence-corrected chi connectivity index (χ1v) is 17.6. The van der Waals surface area contributed by atoms with Crippen molar-refractivity contribution < 1.29 is 4.42 Å². The number of hydrogen-bond acceptors (Lipinski definition) is 1. The van der Waals surface area contributed by atoms with E-state index in [0.717, 1.165) is 27.5 Å². The molecule has 11 aromatic rings. The zero-order chi connectivity index (χ0) is 33.5. The van der Waals surface area contributed by atoms with E-state index in [2.05, 4.69) is 182 Å². The van der Waals surface area contributed by atoms with Gasteiger partial charge < -0.3 is 4.42 Å². The first-order valence-electron chi connectivity index (χ1n) is 17.6. The molecule has 0 aliphatic rings. The molecule has 51 heavy (non-hydrogen) atoms. The number of benzene rings is 10. The van der Waals surface area contributed by atoms with E-state index in [0.29, 0.717) is 0 Å². The quantitative estimate of drug-likeness (QED) is 0.174. The number of rotatable bonds is 3. The van der Waals surface area contributed by atoms with Crippen molar-refractivity contribution in [3.8, 4) is 33.4 Å². The van der Waals surface area contributed by atoms with Crippen molar-refractivity contribution in [2.75, 3.05) is 0 Å². The van der Waals surface area contributed by atoms with Crippen LogP contribution in [0.15, 0.2) is 186 Å². The second-order valence-electron chi connectivity index (χ2n) is 13.6. The molecule has 0 aliphatic heterocycles. The fourth-order valence-corrected chi connectivity index (χ4v) is 8.42. The van der Waals surface area contributed by atoms with Gasteiger partial charge in [-0.15, -0.1) is 0 Å². The molecule has 0 radical (unpaired) electrons. The van der Waals surface area contributed by atoms with Crippen molar-refractivity contribution >= 4 is 75.8 Å². The van der Waals surface area contributed by atoms with Gasteiger partial charge in [-0.2, -0.15) is 0 Å². The van der Waals surface area contributed by atoms with E-state index in [1.165, 1.54) is 81.7 Å². The number of fused-ring (bicyclic) bond motifs is 8. The molecule has 0 aliphatic carbocycles. The average Bonchev–Trinajstić information content (AvgIpc) is 3.56. The van der Waals surface area contributed by atoms with Gasteiger partial charge in [0.25, 0.3) is 0 Å². The molecule has 0 amide bonds. The van der Waals surface area contributed by atoms with Crippen LogP contribution >= 0.6 is 0 Å². The van der Waals surface area contributed by atoms with E-state index < -0.39 is 0 Å². The molecule has 0 unspecified atom stereocenters. The van der Waals surface area contributed by atoms with E-state index in [-0.39, 0.29) is 0 Å². The first kappa shape index (κ1) is 28.2. The second-order valence-corrected chi connectivity index (χ2v) is 13.6. The Morgan fingerprint density at radius 2 is 0.725 bits per heavy atom. The van der Waals surface area contributed by atoms with Crippen molar-refractivity contribution in [2.24, 2.45) is 0 Å². The monoisotopic (exact) mass is 646 g/mol. The molecule has 236 valence electrons. The van der Waals surface area contributed by atoms with E-state index in [1.807, 2.05) is 0 Å². The Morgan fingerprint density at radius 3 is 1.37 bits per heavy atom. The van der Waals surface area contributed by atoms with Crippen LogP contribution in [0.25, 0.3) is 109 Å². The van der Waals surface area contributed by atoms with Crippen LogP contribution in [-0.2, 0) is 0 Å². The number of furan rings is 1. The van der Waals surface area contributed by atoms with Gasteiger partial charge in [-0.3, -0.25) is 0 Å². The van der Waals surface area contributed by atoms with Crippen molar-refractivity contribution in [3.05, 3.63) is 182 Å². The Labute approximate surface area is 294 Å². The maximum atomic E-state index is 6.97. The summed E-state index contributed by atoms with van der Waals surface area (Å²) < 4.78 is 6.97. The Hall–Kier alpha value is -6.70. The Morgan fingerprint density at radius 1 is 0.255 bits per heavy atom. The van der Waals surface area contributed by atoms with Crippen molar-refractivity contribution in [3.63, 3.8) is 0 Å². The molecular weight excluding hydrogens is 617 g/mol. The van der Waals surface area contributed by atoms with Crippen molar-refractivity contribution in [2.45, 2.75) is 0 Å². The molecule has 0 bridgehead atoms. The molecular formula is C50H30O. The second kappa shape index (κ2) is 10.9. The molecule has 1 nitrogen and oxygen atoms in total. The molecule has 0 saturated heterocycles. The standard InChI is InChI=1S/C50H30O/c1-3-13-33-27-35(23-21-31(33)11-1)36-25-26-46-44(29-36)45-30-37-15-5-6-16-39(37)49(50(45)51-46)48-42-19-9-7-17-40(42)47(41-18-8-10-20-43(41)48)38-24-22-32-12-2-4-14-34(32)28-38/h1-30H. The van der Waals surface area contributed by atoms with E-state index in [4.69, 9.17) is 4.42 Å². The Bertz CT molecular complexity index is 3140. The van der Waals surface area contributed by atoms with Gasteiger partial charge in [-0.25, -0.2) is 0 Å². The zero-order valence-electron chi connectivity index (χ0n) is 27.7. The highest BCUT2D eigenvalue weighted by molar-refractivity contribution is 6.28. The normalized spacial score (nSPS) is 11.9. The third-order valence-corrected chi connectivity index (χ3v) is 10.8. The summed E-state index contributed by atoms with van der Waals surface area (Å²) in [5.74, 6) is 0. The van der Waals surface area contributed by atoms with Crippen LogP contribution in [0.4, 0.5) is 0 Å². The summed E-state index contributed by atoms with van der Waals surface area (Å²) in [5.41, 5.74) is 9.04. The van der Waals surface area contributed by atoms with Gasteiger partial charge in [0.1, 0.15) is 11.2 Å². The molecule has 0 fully saturated rings. The molecule has 0 spiro atoms. The van der Waals surface area contributed by atoms with Crippen LogP contribution in [0.3, 0.4) is 0 Å². The molecule has 1 heterocycles. The number of hydrogen-bond donors (Lipinski definition) is 0. The van der Waals surface area contributed by atoms with Crippen LogP contribution in [0.2, 0.25) is 0 Å². The molecule has 1 heteroatoms. The summed E-state index contributed by atoms with van der Waals surface area (Å²) >= 11 is 0. The minimum absolute atomic E-state index is 0.896. The maximum absolute atomic E-state index is 6.97. The van der Waals surface area contributed by atoms with Crippen LogP contribution in [0.5, 0.6) is 0 Å². The lowest BCUT2D eigenvalue weighted by Crippen LogP contribution is -1.92. The SMILES string of the molecule is c1ccc2cc(-c3ccc4oc5c(-c6c7ccccc7c(-c7ccc8ccccc8c7)c7ccccc67)c6ccccc6cc5c4c3)ccc2c1. The lowest BCUT2D eigenvalue weighted by Gasteiger charge is -2.19. The lowest BCUT2D eigenvalue weighted by molar-refractivity contribution is 0.670. The Kier molecular flexibility index (Phi) is 6.02. The van der Waals surface area contributed by atoms with Crippen molar-refractivity contribution in [1.29, 1.82) is 0 Å². The molecule has 11 rings (SSSR count). The summed E-state index contributed by atoms with van der Waals surface area (Å²) in [7, 11) is 0. The van der Waals surface area contributed by atoms with E-state index in [9.17, 15) is 0 Å². The van der Waals surface area contributed by atoms with Gasteiger partial charge in [-0.1, -0.05) is 152 Å². The molecule has 10 aromatic carbocycles. The van der Waals surface area contributed by atoms with Crippen molar-refractivity contribution in [1.82, 2.24) is 0 Å². The van der Waals surface area contributed by atoms with Gasteiger partial charge in [-0.05, 0) is 106 Å². The van der Waals surface area contributed by atoms with E-state index in [1.54, 1.807) is 0 Å². The van der Waals surface area contributed by atoms with Gasteiger partial charge >= 0.3 is 0 Å². The fourth-order valence-electron chi connectivity index (χ4n) is 8.42. The third-order valence-electron chi connectivity index (χ3n) is 10.8. The summed E-state index contributed by atoms with van der Waals surface area (Å²) in [5, 5.41) is 14.5. The van der Waals surface area contributed by atoms with Crippen LogP contribution in [-0.4, -0.2) is 0 Å². The average molecular weight is 647 g/mol. The minimum atomic E-state index is 0.896. The summed E-state index contributed by atoms with van der Waals surface area (Å²) in [6.07, 6.45) is 0. The summed E-state index contributed by atoms with van der Waals surface area (Å²) in [6.45, 7) is 0. The Balaban J connectivity index is 1.23. The predicted molar refractivity (Wildman–Crippen MR) is 218 cm³/mol. The highest BCUT2D eigenvalue weighted by Crippen LogP contribution is 2.49. The van der Waals surface area contributed by atoms with E-state index >= 15 is 0 Å². The molecule has 0 atom stereocenters. The first-order chi connectivity index (χ1) is 25.3. The molecule has 0 N–H and O–H groups in total. The lowest BCUT2D eigenvalue weighted by atomic mass is 9.84.